The van der Waals surface area contributed by atoms with Crippen LogP contribution in [-0.4, -0.2) is 52.8 Å². The quantitative estimate of drug-likeness (QED) is 0.845. The number of rotatable bonds is 6. The number of hydrogen-bond donors (Lipinski definition) is 1. The van der Waals surface area contributed by atoms with Gasteiger partial charge in [0.1, 0.15) is 17.3 Å². The average molecular weight is 361 g/mol. The molecular weight excluding hydrogens is 330 g/mol. The number of furan rings is 1. The van der Waals surface area contributed by atoms with Gasteiger partial charge in [-0.15, -0.1) is 0 Å². The Labute approximate surface area is 155 Å². The summed E-state index contributed by atoms with van der Waals surface area (Å²) in [6, 6.07) is 3.49. The summed E-state index contributed by atoms with van der Waals surface area (Å²) < 4.78 is 5.44. The van der Waals surface area contributed by atoms with Gasteiger partial charge in [0.05, 0.1) is 12.8 Å². The van der Waals surface area contributed by atoms with Crippen molar-refractivity contribution in [1.82, 2.24) is 15.1 Å². The summed E-state index contributed by atoms with van der Waals surface area (Å²) in [6.07, 6.45) is 4.61. The minimum Gasteiger partial charge on any atom is -0.468 e. The second-order valence-corrected chi connectivity index (χ2v) is 8.03. The highest BCUT2D eigenvalue weighted by Crippen LogP contribution is 2.34. The largest absolute Gasteiger partial charge is 0.468 e. The number of carbonyl (C=O) groups excluding carboxylic acids is 2. The predicted octanol–water partition coefficient (Wildman–Crippen LogP) is 2.40. The van der Waals surface area contributed by atoms with Crippen molar-refractivity contribution in [1.29, 1.82) is 0 Å². The highest BCUT2D eigenvalue weighted by atomic mass is 16.3. The maximum absolute atomic E-state index is 13.1. The van der Waals surface area contributed by atoms with E-state index >= 15 is 0 Å². The molecule has 0 aromatic carbocycles. The van der Waals surface area contributed by atoms with Gasteiger partial charge in [0.25, 0.3) is 0 Å². The molecule has 26 heavy (non-hydrogen) atoms. The van der Waals surface area contributed by atoms with Crippen molar-refractivity contribution in [3.63, 3.8) is 0 Å². The molecule has 2 saturated heterocycles. The van der Waals surface area contributed by atoms with E-state index in [4.69, 9.17) is 4.42 Å². The van der Waals surface area contributed by atoms with Crippen molar-refractivity contribution in [2.24, 2.45) is 5.92 Å². The van der Waals surface area contributed by atoms with Crippen LogP contribution in [0, 0.1) is 5.92 Å². The molecule has 0 unspecified atom stereocenters. The molecule has 1 atom stereocenters. The first-order chi connectivity index (χ1) is 12.5. The molecule has 6 heteroatoms. The first-order valence-electron chi connectivity index (χ1n) is 9.83. The Morgan fingerprint density at radius 2 is 2.04 bits per heavy atom. The lowest BCUT2D eigenvalue weighted by molar-refractivity contribution is -0.161. The fourth-order valence-electron chi connectivity index (χ4n) is 4.26. The third-order valence-electron chi connectivity index (χ3n) is 5.61. The molecule has 1 aromatic rings. The molecule has 0 radical (unpaired) electrons. The van der Waals surface area contributed by atoms with Crippen molar-refractivity contribution < 1.29 is 14.0 Å². The van der Waals surface area contributed by atoms with Gasteiger partial charge in [-0.3, -0.25) is 14.5 Å². The molecule has 1 spiro atoms. The summed E-state index contributed by atoms with van der Waals surface area (Å²) in [5.74, 6) is 1.44. The Morgan fingerprint density at radius 3 is 2.62 bits per heavy atom. The Balaban J connectivity index is 1.72. The van der Waals surface area contributed by atoms with E-state index in [-0.39, 0.29) is 17.9 Å². The molecule has 2 aliphatic heterocycles. The zero-order chi connectivity index (χ0) is 18.7. The molecule has 6 nitrogen and oxygen atoms in total. The van der Waals surface area contributed by atoms with Crippen molar-refractivity contribution >= 4 is 11.8 Å². The monoisotopic (exact) mass is 361 g/mol. The number of amides is 2. The normalized spacial score (nSPS) is 23.7. The van der Waals surface area contributed by atoms with Gasteiger partial charge in [-0.2, -0.15) is 0 Å². The summed E-state index contributed by atoms with van der Waals surface area (Å²) in [7, 11) is 0. The van der Waals surface area contributed by atoms with Crippen molar-refractivity contribution in [3.05, 3.63) is 24.2 Å². The number of carbonyl (C=O) groups is 2. The number of nitrogens with zero attached hydrogens (tertiary/aromatic N) is 2. The van der Waals surface area contributed by atoms with Gasteiger partial charge in [0.15, 0.2) is 0 Å². The van der Waals surface area contributed by atoms with E-state index in [0.717, 1.165) is 31.8 Å². The molecule has 1 N–H and O–H groups in total. The van der Waals surface area contributed by atoms with Gasteiger partial charge in [-0.25, -0.2) is 0 Å². The van der Waals surface area contributed by atoms with Gasteiger partial charge >= 0.3 is 0 Å². The van der Waals surface area contributed by atoms with Crippen LogP contribution in [-0.2, 0) is 16.1 Å². The highest BCUT2D eigenvalue weighted by Gasteiger charge is 2.53. The second kappa shape index (κ2) is 7.82. The summed E-state index contributed by atoms with van der Waals surface area (Å²) in [4.78, 5) is 30.4. The fraction of sp³-hybridized carbons (Fsp3) is 0.700. The predicted molar refractivity (Wildman–Crippen MR) is 99.3 cm³/mol. The van der Waals surface area contributed by atoms with E-state index in [9.17, 15) is 9.59 Å². The zero-order valence-corrected chi connectivity index (χ0v) is 16.2. The summed E-state index contributed by atoms with van der Waals surface area (Å²) in [5, 5.41) is 3.04. The van der Waals surface area contributed by atoms with Gasteiger partial charge < -0.3 is 14.6 Å². The SMILES string of the molecule is CCCN1C(=O)[C@H](CC(C)C)NC(=O)C12CCN(Cc1ccco1)CC2. The van der Waals surface area contributed by atoms with Crippen LogP contribution >= 0.6 is 0 Å². The Bertz CT molecular complexity index is 618. The Morgan fingerprint density at radius 1 is 1.31 bits per heavy atom. The number of likely N-dealkylation sites (tertiary alicyclic amines) is 1. The fourth-order valence-corrected chi connectivity index (χ4v) is 4.26. The first-order valence-corrected chi connectivity index (χ1v) is 9.83. The van der Waals surface area contributed by atoms with E-state index in [2.05, 4.69) is 31.0 Å². The van der Waals surface area contributed by atoms with Gasteiger partial charge in [0.2, 0.25) is 11.8 Å². The Hall–Kier alpha value is -1.82. The van der Waals surface area contributed by atoms with Crippen LogP contribution < -0.4 is 5.32 Å². The standard InChI is InChI=1S/C20H31N3O3/c1-4-9-23-18(24)17(13-15(2)3)21-19(25)20(23)7-10-22(11-8-20)14-16-6-5-12-26-16/h5-6,12,15,17H,4,7-11,13-14H2,1-3H3,(H,21,25)/t17-/m0/s1. The minimum absolute atomic E-state index is 0.0360. The van der Waals surface area contributed by atoms with E-state index < -0.39 is 5.54 Å². The van der Waals surface area contributed by atoms with Gasteiger partial charge in [-0.05, 0) is 43.7 Å². The molecule has 0 bridgehead atoms. The average Bonchev–Trinajstić information content (AvgIpc) is 3.11. The summed E-state index contributed by atoms with van der Waals surface area (Å²) in [5.41, 5.74) is -0.680. The van der Waals surface area contributed by atoms with Crippen molar-refractivity contribution in [2.75, 3.05) is 19.6 Å². The van der Waals surface area contributed by atoms with Crippen molar-refractivity contribution in [2.45, 2.75) is 64.6 Å². The van der Waals surface area contributed by atoms with E-state index in [1.165, 1.54) is 0 Å². The number of piperazine rings is 1. The van der Waals surface area contributed by atoms with Gasteiger partial charge in [-0.1, -0.05) is 20.8 Å². The van der Waals surface area contributed by atoms with Gasteiger partial charge in [0, 0.05) is 19.6 Å². The molecule has 1 aromatic heterocycles. The van der Waals surface area contributed by atoms with E-state index in [1.807, 2.05) is 17.0 Å². The van der Waals surface area contributed by atoms with Crippen molar-refractivity contribution in [3.8, 4) is 0 Å². The molecule has 2 aliphatic rings. The molecule has 0 aliphatic carbocycles. The van der Waals surface area contributed by atoms with Crippen LogP contribution in [0.15, 0.2) is 22.8 Å². The smallest absolute Gasteiger partial charge is 0.246 e. The van der Waals surface area contributed by atoms with Crippen LogP contribution in [0.4, 0.5) is 0 Å². The lowest BCUT2D eigenvalue weighted by atomic mass is 9.81. The zero-order valence-electron chi connectivity index (χ0n) is 16.2. The minimum atomic E-state index is -0.680. The van der Waals surface area contributed by atoms with Crippen LogP contribution in [0.25, 0.3) is 0 Å². The van der Waals surface area contributed by atoms with Crippen LogP contribution in [0.2, 0.25) is 0 Å². The third-order valence-corrected chi connectivity index (χ3v) is 5.61. The van der Waals surface area contributed by atoms with Crippen LogP contribution in [0.1, 0.15) is 52.2 Å². The number of nitrogens with one attached hydrogen (secondary N) is 1. The number of piperidine rings is 1. The van der Waals surface area contributed by atoms with Crippen LogP contribution in [0.3, 0.4) is 0 Å². The molecule has 2 fully saturated rings. The lowest BCUT2D eigenvalue weighted by Gasteiger charge is -2.51. The lowest BCUT2D eigenvalue weighted by Crippen LogP contribution is -2.73. The molecule has 3 rings (SSSR count). The van der Waals surface area contributed by atoms with Crippen LogP contribution in [0.5, 0.6) is 0 Å². The summed E-state index contributed by atoms with van der Waals surface area (Å²) in [6.45, 7) is 9.22. The molecule has 3 heterocycles. The van der Waals surface area contributed by atoms with E-state index in [1.54, 1.807) is 6.26 Å². The molecule has 2 amide bonds. The maximum atomic E-state index is 13.1. The number of hydrogen-bond acceptors (Lipinski definition) is 4. The molecular formula is C20H31N3O3. The second-order valence-electron chi connectivity index (χ2n) is 8.03. The maximum Gasteiger partial charge on any atom is 0.246 e. The highest BCUT2D eigenvalue weighted by molar-refractivity contribution is 6.00. The summed E-state index contributed by atoms with van der Waals surface area (Å²) >= 11 is 0. The molecule has 0 saturated carbocycles. The third kappa shape index (κ3) is 3.65. The van der Waals surface area contributed by atoms with E-state index in [0.29, 0.717) is 31.7 Å². The first kappa shape index (κ1) is 19.0. The Kier molecular flexibility index (Phi) is 5.70. The molecule has 144 valence electrons. The topological polar surface area (TPSA) is 65.8 Å².